The topological polar surface area (TPSA) is 50.5 Å². The minimum absolute atomic E-state index is 0.101. The number of carbonyl (C=O) groups excluding carboxylic acids is 1. The van der Waals surface area contributed by atoms with Crippen LogP contribution in [0.15, 0.2) is 47.8 Å². The first kappa shape index (κ1) is 17.6. The number of pyridine rings is 1. The Labute approximate surface area is 165 Å². The van der Waals surface area contributed by atoms with E-state index in [0.717, 1.165) is 31.5 Å². The quantitative estimate of drug-likeness (QED) is 0.598. The van der Waals surface area contributed by atoms with Gasteiger partial charge in [0.05, 0.1) is 10.0 Å². The van der Waals surface area contributed by atoms with Crippen LogP contribution in [0.3, 0.4) is 0 Å². The second-order valence-corrected chi connectivity index (χ2v) is 8.04. The molecule has 134 valence electrons. The molecule has 0 spiro atoms. The zero-order valence-electron chi connectivity index (χ0n) is 13.8. The molecule has 0 saturated carbocycles. The third-order valence-corrected chi connectivity index (χ3v) is 6.05. The fraction of sp³-hybridized carbons (Fsp3) is 0.278. The van der Waals surface area contributed by atoms with Crippen molar-refractivity contribution in [3.63, 3.8) is 0 Å². The van der Waals surface area contributed by atoms with Crippen molar-refractivity contribution >= 4 is 46.5 Å². The minimum atomic E-state index is -0.389. The van der Waals surface area contributed by atoms with E-state index in [1.165, 1.54) is 11.8 Å². The van der Waals surface area contributed by atoms with E-state index < -0.39 is 0 Å². The van der Waals surface area contributed by atoms with E-state index in [9.17, 15) is 4.79 Å². The van der Waals surface area contributed by atoms with E-state index in [1.807, 2.05) is 35.2 Å². The molecule has 1 aliphatic rings. The zero-order chi connectivity index (χ0) is 18.1. The number of rotatable bonds is 4. The van der Waals surface area contributed by atoms with Crippen LogP contribution < -0.4 is 0 Å². The first-order valence-corrected chi connectivity index (χ1v) is 9.97. The van der Waals surface area contributed by atoms with Gasteiger partial charge in [-0.05, 0) is 24.5 Å². The highest BCUT2D eigenvalue weighted by Gasteiger charge is 2.30. The van der Waals surface area contributed by atoms with Crippen LogP contribution in [0.2, 0.25) is 10.0 Å². The van der Waals surface area contributed by atoms with Gasteiger partial charge in [-0.25, -0.2) is 0 Å². The Hall–Kier alpha value is -1.76. The largest absolute Gasteiger partial charge is 0.341 e. The van der Waals surface area contributed by atoms with E-state index in [0.29, 0.717) is 20.8 Å². The molecule has 8 heteroatoms. The average molecular weight is 407 g/mol. The molecule has 0 radical (unpaired) electrons. The normalized spacial score (nSPS) is 15.5. The number of hydrogen-bond acceptors (Lipinski definition) is 4. The third-order valence-electron chi connectivity index (χ3n) is 4.36. The standard InChI is InChI=1S/C18H16Cl2N4OS/c19-13-10-14(20)16-21-22-18(24(16)11-13)26-15(12-6-2-1-3-7-12)17(25)23-8-4-5-9-23/h1-3,6-7,10-11,15H,4-5,8-9H2/t15-/m0/s1. The molecule has 1 atom stereocenters. The van der Waals surface area contributed by atoms with Gasteiger partial charge in [-0.15, -0.1) is 10.2 Å². The van der Waals surface area contributed by atoms with E-state index in [4.69, 9.17) is 23.2 Å². The van der Waals surface area contributed by atoms with E-state index in [1.54, 1.807) is 16.7 Å². The summed E-state index contributed by atoms with van der Waals surface area (Å²) in [5, 5.41) is 9.49. The van der Waals surface area contributed by atoms with Gasteiger partial charge >= 0.3 is 0 Å². The van der Waals surface area contributed by atoms with Gasteiger partial charge in [0.15, 0.2) is 10.8 Å². The molecule has 1 aliphatic heterocycles. The van der Waals surface area contributed by atoms with E-state index >= 15 is 0 Å². The van der Waals surface area contributed by atoms with Crippen LogP contribution in [0, 0.1) is 0 Å². The van der Waals surface area contributed by atoms with Crippen LogP contribution in [0.25, 0.3) is 5.65 Å². The first-order valence-electron chi connectivity index (χ1n) is 8.33. The van der Waals surface area contributed by atoms with Crippen LogP contribution >= 0.6 is 35.0 Å². The summed E-state index contributed by atoms with van der Waals surface area (Å²) in [7, 11) is 0. The van der Waals surface area contributed by atoms with Crippen LogP contribution in [0.1, 0.15) is 23.7 Å². The van der Waals surface area contributed by atoms with Gasteiger partial charge in [0.1, 0.15) is 5.25 Å². The molecule has 1 fully saturated rings. The van der Waals surface area contributed by atoms with Crippen LogP contribution in [-0.2, 0) is 4.79 Å². The molecule has 0 N–H and O–H groups in total. The van der Waals surface area contributed by atoms with Gasteiger partial charge in [0, 0.05) is 19.3 Å². The van der Waals surface area contributed by atoms with Crippen molar-refractivity contribution in [2.45, 2.75) is 23.2 Å². The van der Waals surface area contributed by atoms with E-state index in [2.05, 4.69) is 10.2 Å². The molecule has 0 bridgehead atoms. The first-order chi connectivity index (χ1) is 12.6. The molecule has 1 aromatic carbocycles. The second kappa shape index (κ2) is 7.47. The van der Waals surface area contributed by atoms with Crippen LogP contribution in [0.4, 0.5) is 0 Å². The summed E-state index contributed by atoms with van der Waals surface area (Å²) in [5.74, 6) is 0.101. The van der Waals surface area contributed by atoms with Crippen molar-refractivity contribution in [1.82, 2.24) is 19.5 Å². The number of halogens is 2. The molecule has 3 aromatic rings. The van der Waals surface area contributed by atoms with Crippen molar-refractivity contribution < 1.29 is 4.79 Å². The lowest BCUT2D eigenvalue weighted by atomic mass is 10.1. The fourth-order valence-corrected chi connectivity index (χ4v) is 4.68. The molecule has 4 rings (SSSR count). The summed E-state index contributed by atoms with van der Waals surface area (Å²) in [6.45, 7) is 1.61. The summed E-state index contributed by atoms with van der Waals surface area (Å²) < 4.78 is 1.74. The van der Waals surface area contributed by atoms with E-state index in [-0.39, 0.29) is 11.2 Å². The van der Waals surface area contributed by atoms with Crippen molar-refractivity contribution in [1.29, 1.82) is 0 Å². The summed E-state index contributed by atoms with van der Waals surface area (Å²) in [6.07, 6.45) is 3.82. The lowest BCUT2D eigenvalue weighted by Crippen LogP contribution is -2.31. The molecule has 1 saturated heterocycles. The Morgan fingerprint density at radius 2 is 1.85 bits per heavy atom. The predicted octanol–water partition coefficient (Wildman–Crippen LogP) is 4.49. The molecule has 26 heavy (non-hydrogen) atoms. The number of fused-ring (bicyclic) bond motifs is 1. The van der Waals surface area contributed by atoms with Crippen molar-refractivity contribution in [2.75, 3.05) is 13.1 Å². The highest BCUT2D eigenvalue weighted by Crippen LogP contribution is 2.37. The zero-order valence-corrected chi connectivity index (χ0v) is 16.1. The lowest BCUT2D eigenvalue weighted by molar-refractivity contribution is -0.129. The lowest BCUT2D eigenvalue weighted by Gasteiger charge is -2.22. The third kappa shape index (κ3) is 3.41. The Balaban J connectivity index is 1.72. The maximum Gasteiger partial charge on any atom is 0.240 e. The number of nitrogens with zero attached hydrogens (tertiary/aromatic N) is 4. The Kier molecular flexibility index (Phi) is 5.07. The Bertz CT molecular complexity index is 941. The Morgan fingerprint density at radius 3 is 2.58 bits per heavy atom. The smallest absolute Gasteiger partial charge is 0.240 e. The summed E-state index contributed by atoms with van der Waals surface area (Å²) in [4.78, 5) is 15.1. The minimum Gasteiger partial charge on any atom is -0.341 e. The molecule has 1 amide bonds. The number of thioether (sulfide) groups is 1. The number of benzene rings is 1. The van der Waals surface area contributed by atoms with Crippen LogP contribution in [-0.4, -0.2) is 38.5 Å². The van der Waals surface area contributed by atoms with Gasteiger partial charge in [-0.3, -0.25) is 9.20 Å². The highest BCUT2D eigenvalue weighted by atomic mass is 35.5. The monoisotopic (exact) mass is 406 g/mol. The van der Waals surface area contributed by atoms with Crippen molar-refractivity contribution in [3.8, 4) is 0 Å². The average Bonchev–Trinajstić information content (AvgIpc) is 3.30. The molecule has 5 nitrogen and oxygen atoms in total. The number of carbonyl (C=O) groups is 1. The number of hydrogen-bond donors (Lipinski definition) is 0. The summed E-state index contributed by atoms with van der Waals surface area (Å²) in [6, 6.07) is 11.4. The summed E-state index contributed by atoms with van der Waals surface area (Å²) in [5.41, 5.74) is 1.47. The van der Waals surface area contributed by atoms with Gasteiger partial charge < -0.3 is 4.90 Å². The molecule has 2 aromatic heterocycles. The number of likely N-dealkylation sites (tertiary alicyclic amines) is 1. The van der Waals surface area contributed by atoms with Crippen molar-refractivity contribution in [2.24, 2.45) is 0 Å². The predicted molar refractivity (Wildman–Crippen MR) is 104 cm³/mol. The van der Waals surface area contributed by atoms with Crippen molar-refractivity contribution in [3.05, 3.63) is 58.2 Å². The fourth-order valence-electron chi connectivity index (χ4n) is 3.08. The SMILES string of the molecule is O=C([C@@H](Sc1nnc2c(Cl)cc(Cl)cn12)c1ccccc1)N1CCCC1. The second-order valence-electron chi connectivity index (χ2n) is 6.12. The molecule has 3 heterocycles. The molecule has 0 aliphatic carbocycles. The maximum atomic E-state index is 13.1. The maximum absolute atomic E-state index is 13.1. The number of amides is 1. The highest BCUT2D eigenvalue weighted by molar-refractivity contribution is 8.00. The van der Waals surface area contributed by atoms with Gasteiger partial charge in [0.2, 0.25) is 5.91 Å². The van der Waals surface area contributed by atoms with Gasteiger partial charge in [0.25, 0.3) is 0 Å². The summed E-state index contributed by atoms with van der Waals surface area (Å²) >= 11 is 13.7. The molecular weight excluding hydrogens is 391 g/mol. The van der Waals surface area contributed by atoms with Crippen LogP contribution in [0.5, 0.6) is 0 Å². The number of aromatic nitrogens is 3. The van der Waals surface area contributed by atoms with Gasteiger partial charge in [-0.1, -0.05) is 65.3 Å². The molecular formula is C18H16Cl2N4OS. The molecule has 0 unspecified atom stereocenters. The Morgan fingerprint density at radius 1 is 1.12 bits per heavy atom. The van der Waals surface area contributed by atoms with Gasteiger partial charge in [-0.2, -0.15) is 0 Å².